The van der Waals surface area contributed by atoms with Gasteiger partial charge in [0.15, 0.2) is 17.0 Å². The monoisotopic (exact) mass is 532 g/mol. The lowest BCUT2D eigenvalue weighted by molar-refractivity contribution is -0.894. The molecular formula is C21H34ClN6O6P. The standard InChI is InChI=1S/C15H19ClN5O6P.C6H15N/c1-7(22)27-10-3-9(8-4-15(8,10)5-26-28(23,24)25)21-6-18-11-12(17-2)19-14(16)20-13(11)21;1-4-7(5-2)6-3/h6,8-10H,3-5H2,1-2H3,(H,17,19,20)(H2,23,24,25);4-6H2,1-3H3/t8-,9+,10+,15+;/m1./s1. The second kappa shape index (κ2) is 11.1. The Labute approximate surface area is 209 Å². The van der Waals surface area contributed by atoms with Gasteiger partial charge in [-0.1, -0.05) is 0 Å². The van der Waals surface area contributed by atoms with Crippen LogP contribution in [0.3, 0.4) is 0 Å². The molecule has 2 aliphatic carbocycles. The van der Waals surface area contributed by atoms with Gasteiger partial charge >= 0.3 is 5.97 Å². The lowest BCUT2D eigenvalue weighted by Gasteiger charge is -2.25. The van der Waals surface area contributed by atoms with Gasteiger partial charge in [0.2, 0.25) is 5.28 Å². The summed E-state index contributed by atoms with van der Waals surface area (Å²) in [4.78, 5) is 46.0. The van der Waals surface area contributed by atoms with E-state index in [0.717, 1.165) is 0 Å². The van der Waals surface area contributed by atoms with Crippen molar-refractivity contribution in [1.29, 1.82) is 0 Å². The number of carbonyl (C=O) groups is 1. The number of esters is 1. The molecule has 2 fully saturated rings. The van der Waals surface area contributed by atoms with Crippen LogP contribution in [0.4, 0.5) is 5.82 Å². The van der Waals surface area contributed by atoms with E-state index in [4.69, 9.17) is 21.2 Å². The highest BCUT2D eigenvalue weighted by molar-refractivity contribution is 7.44. The molecule has 0 aliphatic heterocycles. The summed E-state index contributed by atoms with van der Waals surface area (Å²) in [5, 5.41) is 2.98. The van der Waals surface area contributed by atoms with Gasteiger partial charge in [-0.2, -0.15) is 9.97 Å². The molecule has 2 aromatic rings. The molecule has 12 nitrogen and oxygen atoms in total. The fourth-order valence-corrected chi connectivity index (χ4v) is 5.62. The van der Waals surface area contributed by atoms with Crippen molar-refractivity contribution < 1.29 is 33.3 Å². The smallest absolute Gasteiger partial charge is 0.302 e. The lowest BCUT2D eigenvalue weighted by Crippen LogP contribution is -3.11. The first kappa shape index (κ1) is 27.8. The Morgan fingerprint density at radius 3 is 2.54 bits per heavy atom. The zero-order valence-corrected chi connectivity index (χ0v) is 22.3. The number of aromatic nitrogens is 4. The van der Waals surface area contributed by atoms with E-state index in [2.05, 4.69) is 45.6 Å². The third-order valence-corrected chi connectivity index (χ3v) is 7.66. The number of ether oxygens (including phenoxy) is 1. The second-order valence-corrected chi connectivity index (χ2v) is 10.4. The number of hydrogen-bond donors (Lipinski definition) is 3. The van der Waals surface area contributed by atoms with Crippen molar-refractivity contribution in [2.75, 3.05) is 38.6 Å². The Balaban J connectivity index is 0.000000429. The second-order valence-electron chi connectivity index (χ2n) is 8.91. The van der Waals surface area contributed by atoms with E-state index in [1.54, 1.807) is 18.3 Å². The maximum Gasteiger partial charge on any atom is 0.302 e. The van der Waals surface area contributed by atoms with Crippen LogP contribution in [-0.2, 0) is 18.6 Å². The molecule has 35 heavy (non-hydrogen) atoms. The van der Waals surface area contributed by atoms with Crippen LogP contribution >= 0.6 is 19.4 Å². The molecule has 14 heteroatoms. The number of nitrogens with zero attached hydrogens (tertiary/aromatic N) is 4. The Kier molecular flexibility index (Phi) is 8.77. The van der Waals surface area contributed by atoms with Gasteiger partial charge in [0, 0.05) is 31.8 Å². The largest absolute Gasteiger partial charge is 0.756 e. The van der Waals surface area contributed by atoms with Crippen LogP contribution in [0.15, 0.2) is 6.33 Å². The summed E-state index contributed by atoms with van der Waals surface area (Å²) in [6.45, 7) is 11.5. The Morgan fingerprint density at radius 1 is 1.37 bits per heavy atom. The van der Waals surface area contributed by atoms with E-state index in [9.17, 15) is 14.3 Å². The van der Waals surface area contributed by atoms with Gasteiger partial charge < -0.3 is 33.8 Å². The van der Waals surface area contributed by atoms with Crippen LogP contribution in [0.5, 0.6) is 0 Å². The topological polar surface area (TPSA) is 156 Å². The number of anilines is 1. The highest BCUT2D eigenvalue weighted by atomic mass is 35.5. The molecule has 2 aliphatic rings. The van der Waals surface area contributed by atoms with Crippen molar-refractivity contribution >= 4 is 42.4 Å². The zero-order valence-electron chi connectivity index (χ0n) is 20.7. The van der Waals surface area contributed by atoms with Crippen LogP contribution in [0, 0.1) is 11.3 Å². The van der Waals surface area contributed by atoms with Crippen LogP contribution in [0.25, 0.3) is 11.2 Å². The predicted molar refractivity (Wildman–Crippen MR) is 128 cm³/mol. The number of rotatable bonds is 9. The average Bonchev–Trinajstić information content (AvgIpc) is 3.27. The fraction of sp³-hybridized carbons (Fsp3) is 0.714. The van der Waals surface area contributed by atoms with Gasteiger partial charge in [0.05, 0.1) is 32.6 Å². The Hall–Kier alpha value is -1.82. The van der Waals surface area contributed by atoms with Gasteiger partial charge in [-0.3, -0.25) is 9.36 Å². The minimum Gasteiger partial charge on any atom is -0.756 e. The first-order chi connectivity index (χ1) is 16.5. The maximum absolute atomic E-state index is 11.5. The number of fused-ring (bicyclic) bond motifs is 2. The number of imidazole rings is 1. The van der Waals surface area contributed by atoms with Gasteiger partial charge in [-0.15, -0.1) is 0 Å². The van der Waals surface area contributed by atoms with Gasteiger partial charge in [-0.05, 0) is 44.7 Å². The minimum atomic E-state index is -4.89. The summed E-state index contributed by atoms with van der Waals surface area (Å²) in [5.41, 5.74) is 0.388. The van der Waals surface area contributed by atoms with E-state index in [0.29, 0.717) is 29.8 Å². The highest BCUT2D eigenvalue weighted by Crippen LogP contribution is 2.69. The number of hydrogen-bond acceptors (Lipinski definition) is 9. The van der Waals surface area contributed by atoms with E-state index < -0.39 is 25.3 Å². The van der Waals surface area contributed by atoms with Crippen LogP contribution < -0.4 is 15.1 Å². The molecule has 2 aromatic heterocycles. The number of halogens is 1. The molecule has 0 aromatic carbocycles. The quantitative estimate of drug-likeness (QED) is 0.240. The molecule has 3 N–H and O–H groups in total. The molecule has 0 bridgehead atoms. The summed E-state index contributed by atoms with van der Waals surface area (Å²) in [6.07, 6.45) is 2.08. The van der Waals surface area contributed by atoms with Crippen LogP contribution in [0.1, 0.15) is 46.6 Å². The van der Waals surface area contributed by atoms with Gasteiger partial charge in [0.25, 0.3) is 7.82 Å². The van der Waals surface area contributed by atoms with Crippen molar-refractivity contribution in [2.45, 2.75) is 52.7 Å². The van der Waals surface area contributed by atoms with Crippen molar-refractivity contribution in [1.82, 2.24) is 19.5 Å². The zero-order chi connectivity index (χ0) is 26.0. The maximum atomic E-state index is 11.5. The third-order valence-electron chi connectivity index (χ3n) is 7.03. The number of nitrogens with one attached hydrogen (secondary N) is 2. The normalized spacial score (nSPS) is 26.6. The number of carbonyl (C=O) groups excluding carboxylic acids is 1. The van der Waals surface area contributed by atoms with Gasteiger partial charge in [0.1, 0.15) is 6.10 Å². The summed E-state index contributed by atoms with van der Waals surface area (Å²) in [5.74, 6) is -0.0165. The van der Waals surface area contributed by atoms with E-state index in [1.807, 2.05) is 4.57 Å². The van der Waals surface area contributed by atoms with Crippen molar-refractivity contribution in [2.24, 2.45) is 11.3 Å². The third kappa shape index (κ3) is 6.12. The minimum absolute atomic E-state index is 0.0347. The van der Waals surface area contributed by atoms with Crippen molar-refractivity contribution in [3.63, 3.8) is 0 Å². The first-order valence-electron chi connectivity index (χ1n) is 11.8. The highest BCUT2D eigenvalue weighted by Gasteiger charge is 2.69. The van der Waals surface area contributed by atoms with Crippen LogP contribution in [0.2, 0.25) is 5.28 Å². The van der Waals surface area contributed by atoms with Crippen molar-refractivity contribution in [3.8, 4) is 0 Å². The SMILES string of the molecule is CC[NH+](CC)CC.CNc1nc(Cl)nc2c1ncn2[C@H]1C[C@H](OC(C)=O)[C@]2(COP(=O)([O-])O)C[C@H]12. The molecule has 0 spiro atoms. The van der Waals surface area contributed by atoms with E-state index in [1.165, 1.54) is 26.6 Å². The summed E-state index contributed by atoms with van der Waals surface area (Å²) in [7, 11) is -3.19. The van der Waals surface area contributed by atoms with Crippen molar-refractivity contribution in [3.05, 3.63) is 11.6 Å². The number of quaternary nitrogens is 1. The molecule has 0 radical (unpaired) electrons. The molecule has 2 heterocycles. The fourth-order valence-electron chi connectivity index (χ4n) is 5.05. The molecule has 1 unspecified atom stereocenters. The summed E-state index contributed by atoms with van der Waals surface area (Å²) in [6, 6.07) is -0.154. The molecular weight excluding hydrogens is 499 g/mol. The Morgan fingerprint density at radius 2 is 2.03 bits per heavy atom. The molecule has 0 saturated heterocycles. The lowest BCUT2D eigenvalue weighted by atomic mass is 10.0. The number of phosphoric acid groups is 1. The Bertz CT molecular complexity index is 1090. The van der Waals surface area contributed by atoms with Crippen LogP contribution in [-0.4, -0.2) is 69.8 Å². The number of phosphoric ester groups is 1. The summed E-state index contributed by atoms with van der Waals surface area (Å²) < 4.78 is 23.0. The first-order valence-corrected chi connectivity index (χ1v) is 13.6. The molecule has 2 saturated carbocycles. The van der Waals surface area contributed by atoms with E-state index in [-0.39, 0.29) is 23.9 Å². The molecule has 5 atom stereocenters. The summed E-state index contributed by atoms with van der Waals surface area (Å²) >= 11 is 6.02. The molecule has 4 rings (SSSR count). The average molecular weight is 533 g/mol. The molecule has 0 amide bonds. The molecule has 196 valence electrons. The van der Waals surface area contributed by atoms with Gasteiger partial charge in [-0.25, -0.2) is 4.98 Å². The predicted octanol–water partition coefficient (Wildman–Crippen LogP) is 0.813. The van der Waals surface area contributed by atoms with E-state index >= 15 is 0 Å².